The predicted octanol–water partition coefficient (Wildman–Crippen LogP) is 0.929. The van der Waals surface area contributed by atoms with Crippen molar-refractivity contribution >= 4 is 17.2 Å². The monoisotopic (exact) mass is 247 g/mol. The fourth-order valence-corrected chi connectivity index (χ4v) is 1.44. The SMILES string of the molecule is N=C(Nc1ccnc(F)c1)c1c(N)cc[nH]c1=O. The lowest BCUT2D eigenvalue weighted by atomic mass is 10.2. The minimum atomic E-state index is -0.678. The Labute approximate surface area is 101 Å². The van der Waals surface area contributed by atoms with Crippen molar-refractivity contribution in [2.75, 3.05) is 11.1 Å². The van der Waals surface area contributed by atoms with E-state index in [0.29, 0.717) is 5.69 Å². The van der Waals surface area contributed by atoms with Crippen LogP contribution in [0.3, 0.4) is 0 Å². The van der Waals surface area contributed by atoms with Crippen LogP contribution in [-0.2, 0) is 0 Å². The number of nitrogens with zero attached hydrogens (tertiary/aromatic N) is 1. The van der Waals surface area contributed by atoms with Crippen LogP contribution in [0.25, 0.3) is 0 Å². The number of hydrogen-bond donors (Lipinski definition) is 4. The molecule has 6 nitrogen and oxygen atoms in total. The molecule has 2 aromatic heterocycles. The molecule has 2 heterocycles. The van der Waals surface area contributed by atoms with E-state index in [1.807, 2.05) is 0 Å². The van der Waals surface area contributed by atoms with E-state index >= 15 is 0 Å². The summed E-state index contributed by atoms with van der Waals surface area (Å²) in [5, 5.41) is 10.3. The summed E-state index contributed by atoms with van der Waals surface area (Å²) in [5.74, 6) is -0.886. The average molecular weight is 247 g/mol. The minimum absolute atomic E-state index is 0.00900. The standard InChI is InChI=1S/C11H10FN5O/c12-8-5-6(1-3-15-8)17-10(14)9-7(13)2-4-16-11(9)18/h1-5H,(H3,13,16,18)(H2,14,15,17). The van der Waals surface area contributed by atoms with Crippen molar-refractivity contribution in [3.63, 3.8) is 0 Å². The van der Waals surface area contributed by atoms with Crippen LogP contribution in [0.1, 0.15) is 5.56 Å². The zero-order valence-electron chi connectivity index (χ0n) is 9.20. The molecule has 0 fully saturated rings. The number of nitrogen functional groups attached to an aromatic ring is 1. The molecule has 2 aromatic rings. The summed E-state index contributed by atoms with van der Waals surface area (Å²) in [7, 11) is 0. The third-order valence-electron chi connectivity index (χ3n) is 2.24. The van der Waals surface area contributed by atoms with Crippen LogP contribution in [0.5, 0.6) is 0 Å². The molecule has 0 aliphatic carbocycles. The topological polar surface area (TPSA) is 108 Å². The highest BCUT2D eigenvalue weighted by Gasteiger charge is 2.10. The van der Waals surface area contributed by atoms with E-state index < -0.39 is 11.5 Å². The van der Waals surface area contributed by atoms with Gasteiger partial charge in [0.2, 0.25) is 5.95 Å². The first-order chi connectivity index (χ1) is 8.58. The van der Waals surface area contributed by atoms with E-state index in [2.05, 4.69) is 15.3 Å². The molecule has 7 heteroatoms. The maximum Gasteiger partial charge on any atom is 0.261 e. The molecular formula is C11H10FN5O. The fourth-order valence-electron chi connectivity index (χ4n) is 1.44. The van der Waals surface area contributed by atoms with Crippen LogP contribution in [0.4, 0.5) is 15.8 Å². The summed E-state index contributed by atoms with van der Waals surface area (Å²) in [4.78, 5) is 17.3. The molecule has 0 bridgehead atoms. The number of halogens is 1. The lowest BCUT2D eigenvalue weighted by molar-refractivity contribution is 0.584. The highest BCUT2D eigenvalue weighted by Crippen LogP contribution is 2.10. The Morgan fingerprint density at radius 3 is 2.94 bits per heavy atom. The Morgan fingerprint density at radius 2 is 2.28 bits per heavy atom. The number of aromatic amines is 1. The Kier molecular flexibility index (Phi) is 3.05. The van der Waals surface area contributed by atoms with Gasteiger partial charge in [-0.2, -0.15) is 4.39 Å². The summed E-state index contributed by atoms with van der Waals surface area (Å²) >= 11 is 0. The Bertz CT molecular complexity index is 652. The smallest absolute Gasteiger partial charge is 0.261 e. The first-order valence-corrected chi connectivity index (χ1v) is 5.02. The van der Waals surface area contributed by atoms with Gasteiger partial charge in [0.25, 0.3) is 5.56 Å². The Balaban J connectivity index is 2.31. The van der Waals surface area contributed by atoms with Gasteiger partial charge in [-0.3, -0.25) is 10.2 Å². The zero-order chi connectivity index (χ0) is 13.1. The van der Waals surface area contributed by atoms with Gasteiger partial charge in [0.15, 0.2) is 0 Å². The summed E-state index contributed by atoms with van der Waals surface area (Å²) in [6.45, 7) is 0. The van der Waals surface area contributed by atoms with Gasteiger partial charge in [-0.15, -0.1) is 0 Å². The number of nitrogens with two attached hydrogens (primary N) is 1. The first-order valence-electron chi connectivity index (χ1n) is 5.02. The summed E-state index contributed by atoms with van der Waals surface area (Å²) in [6, 6.07) is 4.06. The molecule has 0 aliphatic heterocycles. The molecule has 92 valence electrons. The molecule has 2 rings (SSSR count). The maximum atomic E-state index is 12.9. The van der Waals surface area contributed by atoms with Crippen LogP contribution in [0.15, 0.2) is 35.4 Å². The highest BCUT2D eigenvalue weighted by molar-refractivity contribution is 6.09. The molecule has 0 atom stereocenters. The zero-order valence-corrected chi connectivity index (χ0v) is 9.20. The average Bonchev–Trinajstić information content (AvgIpc) is 2.28. The quantitative estimate of drug-likeness (QED) is 0.359. The summed E-state index contributed by atoms with van der Waals surface area (Å²) in [5.41, 5.74) is 5.63. The normalized spacial score (nSPS) is 10.1. The van der Waals surface area contributed by atoms with Crippen LogP contribution in [0.2, 0.25) is 0 Å². The first kappa shape index (κ1) is 11.8. The lowest BCUT2D eigenvalue weighted by Crippen LogP contribution is -2.24. The molecule has 0 unspecified atom stereocenters. The third-order valence-corrected chi connectivity index (χ3v) is 2.24. The van der Waals surface area contributed by atoms with Crippen molar-refractivity contribution in [2.24, 2.45) is 0 Å². The van der Waals surface area contributed by atoms with Crippen LogP contribution < -0.4 is 16.6 Å². The molecule has 5 N–H and O–H groups in total. The van der Waals surface area contributed by atoms with Crippen molar-refractivity contribution in [1.29, 1.82) is 5.41 Å². The van der Waals surface area contributed by atoms with Gasteiger partial charge in [0, 0.05) is 29.8 Å². The van der Waals surface area contributed by atoms with Crippen molar-refractivity contribution in [3.05, 3.63) is 52.5 Å². The molecular weight excluding hydrogens is 237 g/mol. The van der Waals surface area contributed by atoms with Crippen LogP contribution >= 0.6 is 0 Å². The van der Waals surface area contributed by atoms with Gasteiger partial charge in [0.1, 0.15) is 11.4 Å². The second-order valence-corrected chi connectivity index (χ2v) is 3.50. The van der Waals surface area contributed by atoms with Crippen molar-refractivity contribution in [2.45, 2.75) is 0 Å². The van der Waals surface area contributed by atoms with Gasteiger partial charge >= 0.3 is 0 Å². The number of nitrogens with one attached hydrogen (secondary N) is 3. The molecule has 0 spiro atoms. The van der Waals surface area contributed by atoms with Gasteiger partial charge in [0.05, 0.1) is 0 Å². The largest absolute Gasteiger partial charge is 0.398 e. The Hall–Kier alpha value is -2.70. The van der Waals surface area contributed by atoms with E-state index in [4.69, 9.17) is 11.1 Å². The Morgan fingerprint density at radius 1 is 1.50 bits per heavy atom. The molecule has 0 amide bonds. The summed E-state index contributed by atoms with van der Waals surface area (Å²) in [6.07, 6.45) is 2.64. The van der Waals surface area contributed by atoms with Crippen molar-refractivity contribution in [1.82, 2.24) is 9.97 Å². The molecule has 18 heavy (non-hydrogen) atoms. The predicted molar refractivity (Wildman–Crippen MR) is 66.1 cm³/mol. The number of aromatic nitrogens is 2. The van der Waals surface area contributed by atoms with E-state index in [-0.39, 0.29) is 17.1 Å². The van der Waals surface area contributed by atoms with E-state index in [0.717, 1.165) is 6.07 Å². The maximum absolute atomic E-state index is 12.9. The van der Waals surface area contributed by atoms with Gasteiger partial charge in [-0.1, -0.05) is 0 Å². The third kappa shape index (κ3) is 2.34. The fraction of sp³-hybridized carbons (Fsp3) is 0. The molecule has 0 saturated heterocycles. The molecule has 0 aromatic carbocycles. The molecule has 0 saturated carbocycles. The summed E-state index contributed by atoms with van der Waals surface area (Å²) < 4.78 is 12.9. The second-order valence-electron chi connectivity index (χ2n) is 3.50. The van der Waals surface area contributed by atoms with Gasteiger partial charge in [-0.05, 0) is 12.1 Å². The van der Waals surface area contributed by atoms with E-state index in [9.17, 15) is 9.18 Å². The number of H-pyrrole nitrogens is 1. The molecule has 0 aliphatic rings. The molecule has 0 radical (unpaired) electrons. The lowest BCUT2D eigenvalue weighted by Gasteiger charge is -2.08. The van der Waals surface area contributed by atoms with E-state index in [1.54, 1.807) is 0 Å². The number of hydrogen-bond acceptors (Lipinski definition) is 4. The van der Waals surface area contributed by atoms with Crippen molar-refractivity contribution < 1.29 is 4.39 Å². The van der Waals surface area contributed by atoms with Crippen molar-refractivity contribution in [3.8, 4) is 0 Å². The van der Waals surface area contributed by atoms with Crippen LogP contribution in [-0.4, -0.2) is 15.8 Å². The van der Waals surface area contributed by atoms with E-state index in [1.165, 1.54) is 24.5 Å². The minimum Gasteiger partial charge on any atom is -0.398 e. The number of amidine groups is 1. The number of anilines is 2. The number of pyridine rings is 2. The second kappa shape index (κ2) is 4.66. The number of rotatable bonds is 2. The van der Waals surface area contributed by atoms with Gasteiger partial charge in [-0.25, -0.2) is 4.98 Å². The highest BCUT2D eigenvalue weighted by atomic mass is 19.1. The van der Waals surface area contributed by atoms with Gasteiger partial charge < -0.3 is 16.0 Å². The van der Waals surface area contributed by atoms with Crippen LogP contribution in [0, 0.1) is 11.4 Å².